The van der Waals surface area contributed by atoms with Gasteiger partial charge < -0.3 is 14.9 Å². The Morgan fingerprint density at radius 3 is 2.57 bits per heavy atom. The quantitative estimate of drug-likeness (QED) is 0.745. The minimum absolute atomic E-state index is 0.0991. The van der Waals surface area contributed by atoms with Crippen molar-refractivity contribution in [1.29, 1.82) is 0 Å². The smallest absolute Gasteiger partial charge is 0.412 e. The monoisotopic (exact) mass is 293 g/mol. The van der Waals surface area contributed by atoms with E-state index in [0.717, 1.165) is 18.4 Å². The summed E-state index contributed by atoms with van der Waals surface area (Å²) in [6.45, 7) is 5.52. The van der Waals surface area contributed by atoms with Gasteiger partial charge in [-0.25, -0.2) is 4.79 Å². The van der Waals surface area contributed by atoms with Gasteiger partial charge in [-0.3, -0.25) is 5.32 Å². The molecule has 1 fully saturated rings. The Hall–Kier alpha value is -1.75. The lowest BCUT2D eigenvalue weighted by Crippen LogP contribution is -2.27. The summed E-state index contributed by atoms with van der Waals surface area (Å²) >= 11 is 0. The van der Waals surface area contributed by atoms with Crippen LogP contribution >= 0.6 is 0 Å². The highest BCUT2D eigenvalue weighted by Crippen LogP contribution is 2.48. The van der Waals surface area contributed by atoms with Gasteiger partial charge in [0.2, 0.25) is 0 Å². The topological polar surface area (TPSA) is 78.8 Å². The van der Waals surface area contributed by atoms with E-state index in [1.54, 1.807) is 32.9 Å². The van der Waals surface area contributed by atoms with Crippen LogP contribution in [0.5, 0.6) is 5.75 Å². The molecule has 3 N–H and O–H groups in total. The maximum absolute atomic E-state index is 11.9. The van der Waals surface area contributed by atoms with Gasteiger partial charge in [0.25, 0.3) is 0 Å². The van der Waals surface area contributed by atoms with Crippen LogP contribution in [0.4, 0.5) is 10.5 Å². The third kappa shape index (κ3) is 4.36. The van der Waals surface area contributed by atoms with Crippen LogP contribution in [0.15, 0.2) is 18.2 Å². The van der Waals surface area contributed by atoms with Gasteiger partial charge in [-0.2, -0.15) is 0 Å². The molecule has 1 aliphatic carbocycles. The zero-order valence-electron chi connectivity index (χ0n) is 12.8. The number of phenols is 1. The molecule has 2 rings (SSSR count). The number of hydrogen-bond donors (Lipinski definition) is 3. The summed E-state index contributed by atoms with van der Waals surface area (Å²) < 4.78 is 5.24. The van der Waals surface area contributed by atoms with E-state index >= 15 is 0 Å². The fraction of sp³-hybridized carbons (Fsp3) is 0.562. The van der Waals surface area contributed by atoms with E-state index in [2.05, 4.69) is 5.32 Å². The number of carbonyl (C=O) groups is 1. The predicted octanol–water partition coefficient (Wildman–Crippen LogP) is 3.05. The van der Waals surface area contributed by atoms with E-state index in [1.165, 1.54) is 6.07 Å². The average molecular weight is 293 g/mol. The van der Waals surface area contributed by atoms with Crippen molar-refractivity contribution in [3.05, 3.63) is 23.8 Å². The van der Waals surface area contributed by atoms with Crippen molar-refractivity contribution in [3.63, 3.8) is 0 Å². The molecule has 0 aromatic heterocycles. The third-order valence-corrected chi connectivity index (χ3v) is 3.58. The number of carbonyl (C=O) groups excluding carboxylic acids is 1. The highest BCUT2D eigenvalue weighted by molar-refractivity contribution is 5.86. The van der Waals surface area contributed by atoms with Gasteiger partial charge >= 0.3 is 6.09 Å². The fourth-order valence-electron chi connectivity index (χ4n) is 2.23. The van der Waals surface area contributed by atoms with Crippen molar-refractivity contribution >= 4 is 11.8 Å². The van der Waals surface area contributed by atoms with Crippen molar-refractivity contribution < 1.29 is 19.7 Å². The lowest BCUT2D eigenvalue weighted by Gasteiger charge is -2.21. The molecule has 1 saturated carbocycles. The first-order chi connectivity index (χ1) is 9.73. The van der Waals surface area contributed by atoms with E-state index in [4.69, 9.17) is 4.74 Å². The summed E-state index contributed by atoms with van der Waals surface area (Å²) in [6.07, 6.45) is 2.03. The highest BCUT2D eigenvalue weighted by Gasteiger charge is 2.42. The van der Waals surface area contributed by atoms with E-state index in [1.807, 2.05) is 0 Å². The second kappa shape index (κ2) is 5.56. The fourth-order valence-corrected chi connectivity index (χ4v) is 2.23. The maximum Gasteiger partial charge on any atom is 0.412 e. The molecule has 0 saturated heterocycles. The summed E-state index contributed by atoms with van der Waals surface area (Å²) in [4.78, 5) is 11.9. The molecule has 0 bridgehead atoms. The average Bonchev–Trinajstić information content (AvgIpc) is 3.11. The predicted molar refractivity (Wildman–Crippen MR) is 80.4 cm³/mol. The summed E-state index contributed by atoms with van der Waals surface area (Å²) in [5.74, 6) is 0.147. The molecule has 5 heteroatoms. The number of phenolic OH excluding ortho intramolecular Hbond substituents is 1. The van der Waals surface area contributed by atoms with Crippen molar-refractivity contribution in [2.24, 2.45) is 5.41 Å². The van der Waals surface area contributed by atoms with Gasteiger partial charge in [-0.1, -0.05) is 0 Å². The van der Waals surface area contributed by atoms with Crippen LogP contribution in [-0.4, -0.2) is 28.5 Å². The summed E-state index contributed by atoms with van der Waals surface area (Å²) in [5, 5.41) is 21.8. The molecule has 1 aliphatic rings. The van der Waals surface area contributed by atoms with E-state index in [9.17, 15) is 15.0 Å². The molecule has 116 valence electrons. The molecule has 0 aliphatic heterocycles. The van der Waals surface area contributed by atoms with Crippen molar-refractivity contribution in [2.45, 2.75) is 45.6 Å². The van der Waals surface area contributed by atoms with Crippen LogP contribution in [0.25, 0.3) is 0 Å². The van der Waals surface area contributed by atoms with Gasteiger partial charge in [0, 0.05) is 12.3 Å². The minimum Gasteiger partial charge on any atom is -0.508 e. The SMILES string of the molecule is CC(C)(C)OC(=O)Nc1ccc(O)cc1CC1(CO)CC1. The van der Waals surface area contributed by atoms with Crippen molar-refractivity contribution in [3.8, 4) is 5.75 Å². The van der Waals surface area contributed by atoms with Gasteiger partial charge in [-0.05, 0) is 69.2 Å². The molecule has 0 unspecified atom stereocenters. The Bertz CT molecular complexity index is 530. The molecule has 0 heterocycles. The van der Waals surface area contributed by atoms with Crippen LogP contribution in [0, 0.1) is 5.41 Å². The molecule has 1 aromatic carbocycles. The number of anilines is 1. The largest absolute Gasteiger partial charge is 0.508 e. The van der Waals surface area contributed by atoms with Crippen molar-refractivity contribution in [1.82, 2.24) is 0 Å². The number of nitrogens with one attached hydrogen (secondary N) is 1. The third-order valence-electron chi connectivity index (χ3n) is 3.58. The summed E-state index contributed by atoms with van der Waals surface area (Å²) in [7, 11) is 0. The van der Waals surface area contributed by atoms with Crippen LogP contribution < -0.4 is 5.32 Å². The Kier molecular flexibility index (Phi) is 4.14. The Morgan fingerprint density at radius 2 is 2.05 bits per heavy atom. The van der Waals surface area contributed by atoms with Crippen LogP contribution in [0.3, 0.4) is 0 Å². The van der Waals surface area contributed by atoms with Crippen molar-refractivity contribution in [2.75, 3.05) is 11.9 Å². The minimum atomic E-state index is -0.565. The molecule has 21 heavy (non-hydrogen) atoms. The zero-order chi connectivity index (χ0) is 15.7. The first-order valence-electron chi connectivity index (χ1n) is 7.16. The second-order valence-corrected chi connectivity index (χ2v) is 6.80. The second-order valence-electron chi connectivity index (χ2n) is 6.80. The Balaban J connectivity index is 2.13. The standard InChI is InChI=1S/C16H23NO4/c1-15(2,3)21-14(20)17-13-5-4-12(19)8-11(13)9-16(10-18)6-7-16/h4-5,8,18-19H,6-7,9-10H2,1-3H3,(H,17,20). The lowest BCUT2D eigenvalue weighted by molar-refractivity contribution is 0.0635. The highest BCUT2D eigenvalue weighted by atomic mass is 16.6. The van der Waals surface area contributed by atoms with E-state index in [0.29, 0.717) is 12.1 Å². The number of benzene rings is 1. The van der Waals surface area contributed by atoms with Gasteiger partial charge in [-0.15, -0.1) is 0 Å². The number of rotatable bonds is 4. The number of aromatic hydroxyl groups is 1. The number of ether oxygens (including phenoxy) is 1. The molecule has 0 atom stereocenters. The number of aliphatic hydroxyl groups excluding tert-OH is 1. The molecular weight excluding hydrogens is 270 g/mol. The zero-order valence-corrected chi connectivity index (χ0v) is 12.8. The maximum atomic E-state index is 11.9. The Morgan fingerprint density at radius 1 is 1.38 bits per heavy atom. The molecule has 1 amide bonds. The van der Waals surface area contributed by atoms with Gasteiger partial charge in [0.1, 0.15) is 11.4 Å². The van der Waals surface area contributed by atoms with E-state index in [-0.39, 0.29) is 17.8 Å². The van der Waals surface area contributed by atoms with Crippen LogP contribution in [-0.2, 0) is 11.2 Å². The van der Waals surface area contributed by atoms with E-state index < -0.39 is 11.7 Å². The molecular formula is C16H23NO4. The normalized spacial score (nSPS) is 16.4. The summed E-state index contributed by atoms with van der Waals surface area (Å²) in [5.41, 5.74) is 0.761. The first-order valence-corrected chi connectivity index (χ1v) is 7.16. The molecule has 5 nitrogen and oxygen atoms in total. The van der Waals surface area contributed by atoms with Crippen LogP contribution in [0.1, 0.15) is 39.2 Å². The number of aliphatic hydroxyl groups is 1. The molecule has 1 aromatic rings. The molecule has 0 spiro atoms. The lowest BCUT2D eigenvalue weighted by atomic mass is 9.96. The number of hydrogen-bond acceptors (Lipinski definition) is 4. The molecule has 0 radical (unpaired) electrons. The Labute approximate surface area is 124 Å². The first kappa shape index (κ1) is 15.6. The van der Waals surface area contributed by atoms with Gasteiger partial charge in [0.05, 0.1) is 0 Å². The van der Waals surface area contributed by atoms with Crippen LogP contribution in [0.2, 0.25) is 0 Å². The van der Waals surface area contributed by atoms with Gasteiger partial charge in [0.15, 0.2) is 0 Å². The summed E-state index contributed by atoms with van der Waals surface area (Å²) in [6, 6.07) is 4.80. The number of amides is 1.